The molecule has 1 aromatic rings. The zero-order valence-electron chi connectivity index (χ0n) is 15.4. The third-order valence-corrected chi connectivity index (χ3v) is 4.73. The van der Waals surface area contributed by atoms with E-state index in [1.807, 2.05) is 12.2 Å². The van der Waals surface area contributed by atoms with Crippen LogP contribution in [0.5, 0.6) is 5.75 Å². The number of hydrogen-bond donors (Lipinski definition) is 2. The molecule has 1 fully saturated rings. The molecule has 1 saturated heterocycles. The second-order valence-electron chi connectivity index (χ2n) is 6.58. The van der Waals surface area contributed by atoms with Gasteiger partial charge >= 0.3 is 12.2 Å². The Hall–Kier alpha value is -1.96. The quantitative estimate of drug-likeness (QED) is 0.810. The van der Waals surface area contributed by atoms with Crippen LogP contribution in [0.2, 0.25) is 0 Å². The van der Waals surface area contributed by atoms with Gasteiger partial charge in [0.1, 0.15) is 11.8 Å². The second-order valence-corrected chi connectivity index (χ2v) is 6.58. The standard InChI is InChI=1S/C18H25F3N2O3/c1-10-8-14(25-4)11(2)12(3)16(10)23-17(24)22-15(18(19,20)21)9-13-6-5-7-26-13/h8,13,15H,5-7,9H2,1-4H3,(H2,22,23,24). The lowest BCUT2D eigenvalue weighted by atomic mass is 10.0. The molecule has 0 aromatic heterocycles. The highest BCUT2D eigenvalue weighted by Gasteiger charge is 2.42. The topological polar surface area (TPSA) is 59.6 Å². The largest absolute Gasteiger partial charge is 0.496 e. The Morgan fingerprint density at radius 1 is 1.35 bits per heavy atom. The molecule has 0 aliphatic carbocycles. The average molecular weight is 374 g/mol. The van der Waals surface area contributed by atoms with Crippen molar-refractivity contribution in [2.75, 3.05) is 19.0 Å². The van der Waals surface area contributed by atoms with Gasteiger partial charge in [0.15, 0.2) is 0 Å². The van der Waals surface area contributed by atoms with Gasteiger partial charge in [-0.05, 0) is 56.4 Å². The van der Waals surface area contributed by atoms with Gasteiger partial charge in [0, 0.05) is 18.7 Å². The maximum Gasteiger partial charge on any atom is 0.408 e. The number of carbonyl (C=O) groups is 1. The van der Waals surface area contributed by atoms with E-state index >= 15 is 0 Å². The van der Waals surface area contributed by atoms with Crippen LogP contribution in [0.1, 0.15) is 36.0 Å². The first-order valence-corrected chi connectivity index (χ1v) is 8.54. The number of rotatable bonds is 5. The number of ether oxygens (including phenoxy) is 2. The van der Waals surface area contributed by atoms with Gasteiger partial charge in [-0.15, -0.1) is 0 Å². The molecule has 2 N–H and O–H groups in total. The van der Waals surface area contributed by atoms with Crippen molar-refractivity contribution in [1.82, 2.24) is 5.32 Å². The third-order valence-electron chi connectivity index (χ3n) is 4.73. The maximum absolute atomic E-state index is 13.3. The van der Waals surface area contributed by atoms with Gasteiger partial charge in [0.2, 0.25) is 0 Å². The monoisotopic (exact) mass is 374 g/mol. The van der Waals surface area contributed by atoms with Crippen molar-refractivity contribution in [2.45, 2.75) is 58.4 Å². The zero-order chi connectivity index (χ0) is 19.5. The first-order chi connectivity index (χ1) is 12.1. The number of urea groups is 1. The van der Waals surface area contributed by atoms with E-state index in [4.69, 9.17) is 9.47 Å². The van der Waals surface area contributed by atoms with Gasteiger partial charge in [-0.1, -0.05) is 0 Å². The highest BCUT2D eigenvalue weighted by atomic mass is 19.4. The molecule has 0 radical (unpaired) electrons. The average Bonchev–Trinajstić information content (AvgIpc) is 3.06. The highest BCUT2D eigenvalue weighted by molar-refractivity contribution is 5.91. The molecular formula is C18H25F3N2O3. The number of hydrogen-bond acceptors (Lipinski definition) is 3. The summed E-state index contributed by atoms with van der Waals surface area (Å²) in [4.78, 5) is 12.2. The van der Waals surface area contributed by atoms with Crippen LogP contribution in [0.25, 0.3) is 0 Å². The molecule has 2 unspecified atom stereocenters. The minimum absolute atomic E-state index is 0.281. The van der Waals surface area contributed by atoms with Crippen LogP contribution >= 0.6 is 0 Å². The molecular weight excluding hydrogens is 349 g/mol. The van der Waals surface area contributed by atoms with E-state index in [2.05, 4.69) is 5.32 Å². The Bertz CT molecular complexity index is 656. The van der Waals surface area contributed by atoms with Gasteiger partial charge in [-0.3, -0.25) is 0 Å². The third kappa shape index (κ3) is 4.81. The SMILES string of the molecule is COc1cc(C)c(NC(=O)NC(CC2CCCO2)C(F)(F)F)c(C)c1C. The van der Waals surface area contributed by atoms with Gasteiger partial charge in [-0.25, -0.2) is 4.79 Å². The van der Waals surface area contributed by atoms with E-state index < -0.39 is 24.4 Å². The van der Waals surface area contributed by atoms with Crippen molar-refractivity contribution in [3.05, 3.63) is 22.8 Å². The molecule has 2 amide bonds. The summed E-state index contributed by atoms with van der Waals surface area (Å²) in [6, 6.07) is -1.10. The molecule has 5 nitrogen and oxygen atoms in total. The van der Waals surface area contributed by atoms with Crippen LogP contribution in [-0.4, -0.2) is 38.1 Å². The summed E-state index contributed by atoms with van der Waals surface area (Å²) in [6.07, 6.45) is -3.98. The molecule has 1 aliphatic rings. The maximum atomic E-state index is 13.3. The second kappa shape index (κ2) is 8.16. The predicted molar refractivity (Wildman–Crippen MR) is 92.8 cm³/mol. The number of methoxy groups -OCH3 is 1. The summed E-state index contributed by atoms with van der Waals surface area (Å²) >= 11 is 0. The van der Waals surface area contributed by atoms with E-state index in [0.717, 1.165) is 17.5 Å². The van der Waals surface area contributed by atoms with Gasteiger partial charge in [-0.2, -0.15) is 13.2 Å². The first kappa shape index (κ1) is 20.4. The number of nitrogens with one attached hydrogen (secondary N) is 2. The van der Waals surface area contributed by atoms with Gasteiger partial charge < -0.3 is 20.1 Å². The molecule has 146 valence electrons. The number of anilines is 1. The number of benzene rings is 1. The fraction of sp³-hybridized carbons (Fsp3) is 0.611. The van der Waals surface area contributed by atoms with Gasteiger partial charge in [0.05, 0.1) is 13.2 Å². The molecule has 0 saturated carbocycles. The van der Waals surface area contributed by atoms with Crippen LogP contribution in [0.3, 0.4) is 0 Å². The van der Waals surface area contributed by atoms with Crippen molar-refractivity contribution in [1.29, 1.82) is 0 Å². The molecule has 0 spiro atoms. The number of aryl methyl sites for hydroxylation is 1. The fourth-order valence-electron chi connectivity index (χ4n) is 3.12. The van der Waals surface area contributed by atoms with E-state index in [0.29, 0.717) is 30.0 Å². The summed E-state index contributed by atoms with van der Waals surface area (Å²) in [5.41, 5.74) is 2.77. The number of halogens is 3. The molecule has 1 aromatic carbocycles. The van der Waals surface area contributed by atoms with Crippen LogP contribution in [0.15, 0.2) is 6.07 Å². The smallest absolute Gasteiger partial charge is 0.408 e. The number of alkyl halides is 3. The summed E-state index contributed by atoms with van der Waals surface area (Å²) in [6.45, 7) is 5.84. The molecule has 2 rings (SSSR count). The lowest BCUT2D eigenvalue weighted by Crippen LogP contribution is -2.48. The lowest BCUT2D eigenvalue weighted by Gasteiger charge is -2.25. The summed E-state index contributed by atoms with van der Waals surface area (Å²) < 4.78 is 50.4. The van der Waals surface area contributed by atoms with Crippen LogP contribution in [0, 0.1) is 20.8 Å². The molecule has 0 bridgehead atoms. The van der Waals surface area contributed by atoms with Crippen molar-refractivity contribution >= 4 is 11.7 Å². The Balaban J connectivity index is 2.11. The van der Waals surface area contributed by atoms with Crippen molar-refractivity contribution < 1.29 is 27.4 Å². The van der Waals surface area contributed by atoms with Gasteiger partial charge in [0.25, 0.3) is 0 Å². The van der Waals surface area contributed by atoms with Crippen LogP contribution in [-0.2, 0) is 4.74 Å². The fourth-order valence-corrected chi connectivity index (χ4v) is 3.12. The Morgan fingerprint density at radius 2 is 2.04 bits per heavy atom. The van der Waals surface area contributed by atoms with E-state index in [1.54, 1.807) is 27.0 Å². The minimum atomic E-state index is -4.54. The Kier molecular flexibility index (Phi) is 6.39. The van der Waals surface area contributed by atoms with Crippen LogP contribution in [0.4, 0.5) is 23.7 Å². The zero-order valence-corrected chi connectivity index (χ0v) is 15.4. The van der Waals surface area contributed by atoms with Crippen molar-refractivity contribution in [3.63, 3.8) is 0 Å². The lowest BCUT2D eigenvalue weighted by molar-refractivity contribution is -0.159. The normalized spacial score (nSPS) is 18.5. The molecule has 1 heterocycles. The molecule has 2 atom stereocenters. The van der Waals surface area contributed by atoms with E-state index in [9.17, 15) is 18.0 Å². The molecule has 8 heteroatoms. The molecule has 1 aliphatic heterocycles. The minimum Gasteiger partial charge on any atom is -0.496 e. The Morgan fingerprint density at radius 3 is 2.58 bits per heavy atom. The first-order valence-electron chi connectivity index (χ1n) is 8.54. The van der Waals surface area contributed by atoms with E-state index in [1.165, 1.54) is 0 Å². The summed E-state index contributed by atoms with van der Waals surface area (Å²) in [5.74, 6) is 0.664. The summed E-state index contributed by atoms with van der Waals surface area (Å²) in [5, 5.41) is 4.60. The van der Waals surface area contributed by atoms with E-state index in [-0.39, 0.29) is 6.42 Å². The molecule has 26 heavy (non-hydrogen) atoms. The summed E-state index contributed by atoms with van der Waals surface area (Å²) in [7, 11) is 1.54. The van der Waals surface area contributed by atoms with Crippen LogP contribution < -0.4 is 15.4 Å². The van der Waals surface area contributed by atoms with Crippen molar-refractivity contribution in [3.8, 4) is 5.75 Å². The number of carbonyl (C=O) groups excluding carboxylic acids is 1. The van der Waals surface area contributed by atoms with Crippen molar-refractivity contribution in [2.24, 2.45) is 0 Å². The number of amides is 2. The predicted octanol–water partition coefficient (Wildman–Crippen LogP) is 4.24. The highest BCUT2D eigenvalue weighted by Crippen LogP contribution is 2.32. The Labute approximate surface area is 151 Å².